The molecule has 6 heteroatoms. The Labute approximate surface area is 129 Å². The average Bonchev–Trinajstić information content (AvgIpc) is 2.54. The van der Waals surface area contributed by atoms with Gasteiger partial charge in [0.2, 0.25) is 0 Å². The van der Waals surface area contributed by atoms with Gasteiger partial charge < -0.3 is 19.9 Å². The lowest BCUT2D eigenvalue weighted by Crippen LogP contribution is -2.22. The van der Waals surface area contributed by atoms with Gasteiger partial charge in [0.05, 0.1) is 26.0 Å². The van der Waals surface area contributed by atoms with E-state index in [9.17, 15) is 9.90 Å². The molecule has 0 fully saturated rings. The molecule has 0 aliphatic carbocycles. The zero-order valence-electron chi connectivity index (χ0n) is 12.9. The number of pyridine rings is 1. The van der Waals surface area contributed by atoms with Gasteiger partial charge in [0.1, 0.15) is 16.8 Å². The third-order valence-electron chi connectivity index (χ3n) is 3.24. The molecule has 2 aromatic rings. The van der Waals surface area contributed by atoms with Gasteiger partial charge in [0.25, 0.3) is 0 Å². The number of ether oxygens (including phenoxy) is 2. The minimum atomic E-state index is -0.452. The van der Waals surface area contributed by atoms with Crippen LogP contribution in [0.2, 0.25) is 0 Å². The minimum Gasteiger partial charge on any atom is -0.494 e. The van der Waals surface area contributed by atoms with E-state index in [0.29, 0.717) is 22.5 Å². The molecule has 1 heterocycles. The number of aliphatic hydroxyl groups excluding tert-OH is 1. The van der Waals surface area contributed by atoms with Crippen molar-refractivity contribution in [3.05, 3.63) is 30.0 Å². The fourth-order valence-corrected chi connectivity index (χ4v) is 2.17. The molecular formula is C16H20N2O4. The number of carbonyl (C=O) groups excluding carboxylic acids is 1. The number of aromatic nitrogens is 1. The maximum atomic E-state index is 12.1. The summed E-state index contributed by atoms with van der Waals surface area (Å²) in [4.78, 5) is 16.5. The average molecular weight is 304 g/mol. The molecule has 0 amide bonds. The van der Waals surface area contributed by atoms with Crippen molar-refractivity contribution in [2.24, 2.45) is 0 Å². The summed E-state index contributed by atoms with van der Waals surface area (Å²) in [5.41, 5.74) is 1.57. The number of nitrogens with zero attached hydrogens (tertiary/aromatic N) is 1. The summed E-state index contributed by atoms with van der Waals surface area (Å²) in [6.45, 7) is 3.79. The zero-order valence-corrected chi connectivity index (χ0v) is 12.9. The molecular weight excluding hydrogens is 284 g/mol. The Kier molecular flexibility index (Phi) is 5.16. The highest BCUT2D eigenvalue weighted by Crippen LogP contribution is 2.32. The van der Waals surface area contributed by atoms with Crippen LogP contribution in [0.15, 0.2) is 24.4 Å². The molecule has 0 radical (unpaired) electrons. The van der Waals surface area contributed by atoms with Crippen LogP contribution in [0.3, 0.4) is 0 Å². The number of para-hydroxylation sites is 1. The zero-order chi connectivity index (χ0) is 16.1. The number of aliphatic hydroxyl groups is 1. The Morgan fingerprint density at radius 1 is 1.45 bits per heavy atom. The molecule has 22 heavy (non-hydrogen) atoms. The van der Waals surface area contributed by atoms with Crippen molar-refractivity contribution in [2.45, 2.75) is 19.9 Å². The molecule has 1 aromatic carbocycles. The summed E-state index contributed by atoms with van der Waals surface area (Å²) in [5.74, 6) is 0.167. The molecule has 6 nitrogen and oxygen atoms in total. The van der Waals surface area contributed by atoms with Gasteiger partial charge in [-0.05, 0) is 19.9 Å². The molecule has 0 aliphatic rings. The van der Waals surface area contributed by atoms with Crippen molar-refractivity contribution in [1.29, 1.82) is 0 Å². The molecule has 0 saturated carbocycles. The molecule has 0 bridgehead atoms. The Balaban J connectivity index is 2.64. The molecule has 2 rings (SSSR count). The van der Waals surface area contributed by atoms with Gasteiger partial charge in [0, 0.05) is 17.6 Å². The molecule has 1 atom stereocenters. The van der Waals surface area contributed by atoms with E-state index in [1.54, 1.807) is 20.1 Å². The monoisotopic (exact) mass is 304 g/mol. The number of anilines is 1. The largest absolute Gasteiger partial charge is 0.494 e. The SMILES string of the molecule is CCOC(=O)c1cnc2c(OC)cccc2c1NC(C)CO. The first-order chi connectivity index (χ1) is 10.6. The molecule has 0 aliphatic heterocycles. The van der Waals surface area contributed by atoms with E-state index in [1.807, 2.05) is 19.1 Å². The van der Waals surface area contributed by atoms with Gasteiger partial charge in [-0.3, -0.25) is 4.98 Å². The maximum absolute atomic E-state index is 12.1. The van der Waals surface area contributed by atoms with E-state index >= 15 is 0 Å². The second-order valence-electron chi connectivity index (χ2n) is 4.85. The number of fused-ring (bicyclic) bond motifs is 1. The van der Waals surface area contributed by atoms with Crippen molar-refractivity contribution >= 4 is 22.6 Å². The van der Waals surface area contributed by atoms with Crippen molar-refractivity contribution in [1.82, 2.24) is 4.98 Å². The summed E-state index contributed by atoms with van der Waals surface area (Å²) in [5, 5.41) is 13.2. The predicted molar refractivity (Wildman–Crippen MR) is 84.4 cm³/mol. The fourth-order valence-electron chi connectivity index (χ4n) is 2.17. The van der Waals surface area contributed by atoms with Gasteiger partial charge in [-0.2, -0.15) is 0 Å². The molecule has 118 valence electrons. The Morgan fingerprint density at radius 3 is 2.86 bits per heavy atom. The number of methoxy groups -OCH3 is 1. The van der Waals surface area contributed by atoms with E-state index in [4.69, 9.17) is 9.47 Å². The Morgan fingerprint density at radius 2 is 2.23 bits per heavy atom. The van der Waals surface area contributed by atoms with Crippen molar-refractivity contribution < 1.29 is 19.4 Å². The van der Waals surface area contributed by atoms with Crippen LogP contribution >= 0.6 is 0 Å². The minimum absolute atomic E-state index is 0.0595. The number of hydrogen-bond donors (Lipinski definition) is 2. The smallest absolute Gasteiger partial charge is 0.341 e. The van der Waals surface area contributed by atoms with Gasteiger partial charge >= 0.3 is 5.97 Å². The number of nitrogens with one attached hydrogen (secondary N) is 1. The Bertz CT molecular complexity index is 672. The van der Waals surface area contributed by atoms with Crippen LogP contribution in [-0.4, -0.2) is 42.4 Å². The lowest BCUT2D eigenvalue weighted by molar-refractivity contribution is 0.0527. The number of esters is 1. The van der Waals surface area contributed by atoms with Crippen LogP contribution in [0, 0.1) is 0 Å². The third kappa shape index (κ3) is 3.12. The summed E-state index contributed by atoms with van der Waals surface area (Å²) < 4.78 is 10.4. The van der Waals surface area contributed by atoms with Crippen LogP contribution in [0.1, 0.15) is 24.2 Å². The van der Waals surface area contributed by atoms with Crippen LogP contribution in [0.5, 0.6) is 5.75 Å². The molecule has 0 spiro atoms. The summed E-state index contributed by atoms with van der Waals surface area (Å²) in [6, 6.07) is 5.26. The van der Waals surface area contributed by atoms with Crippen molar-refractivity contribution in [2.75, 3.05) is 25.6 Å². The lowest BCUT2D eigenvalue weighted by Gasteiger charge is -2.18. The fraction of sp³-hybridized carbons (Fsp3) is 0.375. The van der Waals surface area contributed by atoms with Crippen LogP contribution in [-0.2, 0) is 4.74 Å². The highest BCUT2D eigenvalue weighted by molar-refractivity contribution is 6.06. The van der Waals surface area contributed by atoms with E-state index in [0.717, 1.165) is 5.39 Å². The van der Waals surface area contributed by atoms with Gasteiger partial charge in [0.15, 0.2) is 0 Å². The summed E-state index contributed by atoms with van der Waals surface area (Å²) in [6.07, 6.45) is 1.47. The normalized spacial score (nSPS) is 12.0. The maximum Gasteiger partial charge on any atom is 0.341 e. The van der Waals surface area contributed by atoms with Crippen LogP contribution < -0.4 is 10.1 Å². The van der Waals surface area contributed by atoms with E-state index in [-0.39, 0.29) is 19.3 Å². The molecule has 1 aromatic heterocycles. The first kappa shape index (κ1) is 16.0. The molecule has 0 saturated heterocycles. The Hall–Kier alpha value is -2.34. The quantitative estimate of drug-likeness (QED) is 0.796. The summed E-state index contributed by atoms with van der Waals surface area (Å²) in [7, 11) is 1.57. The van der Waals surface area contributed by atoms with E-state index < -0.39 is 5.97 Å². The first-order valence-corrected chi connectivity index (χ1v) is 7.12. The highest BCUT2D eigenvalue weighted by Gasteiger charge is 2.19. The van der Waals surface area contributed by atoms with Gasteiger partial charge in [-0.25, -0.2) is 4.79 Å². The predicted octanol–water partition coefficient (Wildman–Crippen LogP) is 2.21. The highest BCUT2D eigenvalue weighted by atomic mass is 16.5. The van der Waals surface area contributed by atoms with Crippen LogP contribution in [0.4, 0.5) is 5.69 Å². The second kappa shape index (κ2) is 7.09. The second-order valence-corrected chi connectivity index (χ2v) is 4.85. The van der Waals surface area contributed by atoms with Crippen molar-refractivity contribution in [3.8, 4) is 5.75 Å². The number of benzene rings is 1. The number of rotatable bonds is 6. The number of hydrogen-bond acceptors (Lipinski definition) is 6. The van der Waals surface area contributed by atoms with Crippen LogP contribution in [0.25, 0.3) is 10.9 Å². The van der Waals surface area contributed by atoms with Crippen molar-refractivity contribution in [3.63, 3.8) is 0 Å². The topological polar surface area (TPSA) is 80.7 Å². The lowest BCUT2D eigenvalue weighted by atomic mass is 10.1. The first-order valence-electron chi connectivity index (χ1n) is 7.12. The third-order valence-corrected chi connectivity index (χ3v) is 3.24. The number of carbonyl (C=O) groups is 1. The standard InChI is InChI=1S/C16H20N2O4/c1-4-22-16(20)12-8-17-15-11(6-5-7-13(15)21-3)14(12)18-10(2)9-19/h5-8,10,19H,4,9H2,1-3H3,(H,17,18). The van der Waals surface area contributed by atoms with E-state index in [2.05, 4.69) is 10.3 Å². The van der Waals surface area contributed by atoms with Gasteiger partial charge in [-0.1, -0.05) is 12.1 Å². The molecule has 1 unspecified atom stereocenters. The molecule has 2 N–H and O–H groups in total. The summed E-state index contributed by atoms with van der Waals surface area (Å²) >= 11 is 0. The van der Waals surface area contributed by atoms with Gasteiger partial charge in [-0.15, -0.1) is 0 Å². The van der Waals surface area contributed by atoms with E-state index in [1.165, 1.54) is 6.20 Å².